The monoisotopic (exact) mass is 434 g/mol. The van der Waals surface area contributed by atoms with Crippen LogP contribution in [0.1, 0.15) is 16.2 Å². The lowest BCUT2D eigenvalue weighted by Crippen LogP contribution is -2.28. The zero-order valence-electron chi connectivity index (χ0n) is 16.0. The molecule has 0 aliphatic carbocycles. The lowest BCUT2D eigenvalue weighted by Gasteiger charge is -2.20. The molecule has 0 atom stereocenters. The van der Waals surface area contributed by atoms with Crippen LogP contribution in [0, 0.1) is 0 Å². The van der Waals surface area contributed by atoms with E-state index < -0.39 is 15.9 Å². The maximum absolute atomic E-state index is 12.9. The van der Waals surface area contributed by atoms with E-state index in [1.54, 1.807) is 7.05 Å². The number of carbonyl (C=O) groups excluding carboxylic acids is 1. The van der Waals surface area contributed by atoms with Crippen molar-refractivity contribution in [2.75, 3.05) is 24.7 Å². The topological polar surface area (TPSA) is 96.6 Å². The predicted octanol–water partition coefficient (Wildman–Crippen LogP) is 3.06. The first kappa shape index (κ1) is 20.8. The van der Waals surface area contributed by atoms with Crippen LogP contribution in [0.5, 0.6) is 0 Å². The van der Waals surface area contributed by atoms with Crippen molar-refractivity contribution >= 4 is 33.2 Å². The number of rotatable bonds is 6. The Balaban J connectivity index is 1.79. The minimum absolute atomic E-state index is 0.0706. The van der Waals surface area contributed by atoms with Crippen LogP contribution in [-0.2, 0) is 16.6 Å². The Morgan fingerprint density at radius 1 is 1.14 bits per heavy atom. The lowest BCUT2D eigenvalue weighted by molar-refractivity contribution is 0.0770. The van der Waals surface area contributed by atoms with Gasteiger partial charge in [-0.2, -0.15) is 4.98 Å². The first-order chi connectivity index (χ1) is 13.7. The fourth-order valence-corrected chi connectivity index (χ4v) is 3.26. The Morgan fingerprint density at radius 3 is 2.48 bits per heavy atom. The summed E-state index contributed by atoms with van der Waals surface area (Å²) in [4.78, 5) is 18.5. The van der Waals surface area contributed by atoms with Gasteiger partial charge < -0.3 is 9.42 Å². The smallest absolute Gasteiger partial charge is 0.255 e. The average Bonchev–Trinajstić information content (AvgIpc) is 3.15. The van der Waals surface area contributed by atoms with Crippen molar-refractivity contribution < 1.29 is 17.7 Å². The van der Waals surface area contributed by atoms with E-state index in [-0.39, 0.29) is 23.0 Å². The molecule has 1 heterocycles. The van der Waals surface area contributed by atoms with Gasteiger partial charge in [-0.05, 0) is 18.2 Å². The van der Waals surface area contributed by atoms with Crippen molar-refractivity contribution in [2.24, 2.45) is 0 Å². The largest absolute Gasteiger partial charge is 0.337 e. The third kappa shape index (κ3) is 4.75. The van der Waals surface area contributed by atoms with Crippen molar-refractivity contribution in [2.45, 2.75) is 6.54 Å². The van der Waals surface area contributed by atoms with Crippen LogP contribution in [0.2, 0.25) is 5.02 Å². The maximum Gasteiger partial charge on any atom is 0.255 e. The third-order valence-corrected chi connectivity index (χ3v) is 5.80. The van der Waals surface area contributed by atoms with Gasteiger partial charge in [-0.15, -0.1) is 0 Å². The molecule has 0 saturated carbocycles. The normalized spacial score (nSPS) is 11.3. The van der Waals surface area contributed by atoms with E-state index in [0.29, 0.717) is 11.5 Å². The van der Waals surface area contributed by atoms with Crippen molar-refractivity contribution in [3.8, 4) is 11.4 Å². The molecular weight excluding hydrogens is 416 g/mol. The van der Waals surface area contributed by atoms with E-state index in [9.17, 15) is 13.2 Å². The van der Waals surface area contributed by atoms with E-state index >= 15 is 0 Å². The Morgan fingerprint density at radius 2 is 1.83 bits per heavy atom. The van der Waals surface area contributed by atoms with Gasteiger partial charge in [0.15, 0.2) is 0 Å². The summed E-state index contributed by atoms with van der Waals surface area (Å²) in [5.74, 6) is 0.287. The van der Waals surface area contributed by atoms with Crippen LogP contribution >= 0.6 is 11.6 Å². The van der Waals surface area contributed by atoms with Gasteiger partial charge in [0.05, 0.1) is 29.1 Å². The van der Waals surface area contributed by atoms with Gasteiger partial charge in [0, 0.05) is 19.7 Å². The maximum atomic E-state index is 12.9. The zero-order chi connectivity index (χ0) is 21.2. The van der Waals surface area contributed by atoms with E-state index in [1.807, 2.05) is 30.3 Å². The molecule has 3 rings (SSSR count). The van der Waals surface area contributed by atoms with Crippen molar-refractivity contribution in [1.82, 2.24) is 15.0 Å². The molecule has 3 aromatic rings. The number of benzene rings is 2. The number of halogens is 1. The molecule has 1 aromatic heterocycles. The molecule has 0 radical (unpaired) electrons. The van der Waals surface area contributed by atoms with Gasteiger partial charge in [0.2, 0.25) is 21.7 Å². The number of sulfonamides is 1. The van der Waals surface area contributed by atoms with E-state index in [4.69, 9.17) is 16.1 Å². The number of carbonyl (C=O) groups is 1. The molecular formula is C19H19ClN4O4S. The molecule has 8 nitrogen and oxygen atoms in total. The first-order valence-electron chi connectivity index (χ1n) is 8.53. The number of anilines is 1. The van der Waals surface area contributed by atoms with Gasteiger partial charge in [0.25, 0.3) is 5.91 Å². The van der Waals surface area contributed by atoms with Crippen molar-refractivity contribution in [1.29, 1.82) is 0 Å². The van der Waals surface area contributed by atoms with E-state index in [1.165, 1.54) is 30.1 Å². The summed E-state index contributed by atoms with van der Waals surface area (Å²) in [5.41, 5.74) is 1.30. The molecule has 0 aliphatic rings. The zero-order valence-corrected chi connectivity index (χ0v) is 17.6. The molecule has 0 saturated heterocycles. The Kier molecular flexibility index (Phi) is 5.90. The summed E-state index contributed by atoms with van der Waals surface area (Å²) in [7, 11) is -0.501. The fourth-order valence-electron chi connectivity index (χ4n) is 2.57. The summed E-state index contributed by atoms with van der Waals surface area (Å²) in [6, 6.07) is 13.8. The lowest BCUT2D eigenvalue weighted by atomic mass is 10.1. The van der Waals surface area contributed by atoms with E-state index in [2.05, 4.69) is 10.1 Å². The highest BCUT2D eigenvalue weighted by atomic mass is 35.5. The number of nitrogens with zero attached hydrogens (tertiary/aromatic N) is 4. The number of hydrogen-bond acceptors (Lipinski definition) is 6. The van der Waals surface area contributed by atoms with Crippen LogP contribution < -0.4 is 4.31 Å². The second kappa shape index (κ2) is 8.22. The van der Waals surface area contributed by atoms with Gasteiger partial charge in [-0.3, -0.25) is 9.10 Å². The standard InChI is InChI=1S/C19H19ClN4O4S/c1-23(12-17-21-18(22-28-17)13-7-5-4-6-8-13)19(25)15-11-14(9-10-16(15)20)24(2)29(3,26)27/h4-11H,12H2,1-3H3. The number of hydrogen-bond donors (Lipinski definition) is 0. The average molecular weight is 435 g/mol. The van der Waals surface area contributed by atoms with Crippen LogP contribution in [-0.4, -0.2) is 49.7 Å². The minimum Gasteiger partial charge on any atom is -0.337 e. The fraction of sp³-hybridized carbons (Fsp3) is 0.211. The summed E-state index contributed by atoms with van der Waals surface area (Å²) in [6.45, 7) is 0.0706. The van der Waals surface area contributed by atoms with Crippen LogP contribution in [0.25, 0.3) is 11.4 Å². The quantitative estimate of drug-likeness (QED) is 0.591. The van der Waals surface area contributed by atoms with Crippen molar-refractivity contribution in [3.05, 3.63) is 65.0 Å². The molecule has 0 unspecified atom stereocenters. The highest BCUT2D eigenvalue weighted by molar-refractivity contribution is 7.92. The van der Waals surface area contributed by atoms with Crippen molar-refractivity contribution in [3.63, 3.8) is 0 Å². The number of amides is 1. The highest BCUT2D eigenvalue weighted by Crippen LogP contribution is 2.25. The second-order valence-corrected chi connectivity index (χ2v) is 8.85. The number of aromatic nitrogens is 2. The molecule has 0 aliphatic heterocycles. The molecule has 152 valence electrons. The van der Waals surface area contributed by atoms with E-state index in [0.717, 1.165) is 16.1 Å². The molecule has 2 aromatic carbocycles. The minimum atomic E-state index is -3.47. The molecule has 0 bridgehead atoms. The van der Waals surface area contributed by atoms with Crippen LogP contribution in [0.15, 0.2) is 53.1 Å². The molecule has 10 heteroatoms. The summed E-state index contributed by atoms with van der Waals surface area (Å²) in [6.07, 6.45) is 1.08. The van der Waals surface area contributed by atoms with Gasteiger partial charge in [-0.25, -0.2) is 8.42 Å². The van der Waals surface area contributed by atoms with Gasteiger partial charge in [0.1, 0.15) is 0 Å². The SMILES string of the molecule is CN(Cc1nc(-c2ccccc2)no1)C(=O)c1cc(N(C)S(C)(=O)=O)ccc1Cl. The molecule has 1 amide bonds. The summed E-state index contributed by atoms with van der Waals surface area (Å²) in [5, 5.41) is 4.14. The third-order valence-electron chi connectivity index (χ3n) is 4.26. The Bertz CT molecular complexity index is 1130. The predicted molar refractivity (Wildman–Crippen MR) is 110 cm³/mol. The van der Waals surface area contributed by atoms with Gasteiger partial charge >= 0.3 is 0 Å². The molecule has 0 N–H and O–H groups in total. The Labute approximate surface area is 173 Å². The van der Waals surface area contributed by atoms with Gasteiger partial charge in [-0.1, -0.05) is 47.1 Å². The summed E-state index contributed by atoms with van der Waals surface area (Å²) < 4.78 is 29.8. The highest BCUT2D eigenvalue weighted by Gasteiger charge is 2.21. The summed E-state index contributed by atoms with van der Waals surface area (Å²) >= 11 is 6.17. The first-order valence-corrected chi connectivity index (χ1v) is 10.8. The Hall–Kier alpha value is -2.91. The van der Waals surface area contributed by atoms with Crippen LogP contribution in [0.3, 0.4) is 0 Å². The second-order valence-electron chi connectivity index (χ2n) is 6.43. The van der Waals surface area contributed by atoms with Crippen LogP contribution in [0.4, 0.5) is 5.69 Å². The molecule has 0 fully saturated rings. The molecule has 0 spiro atoms. The molecule has 29 heavy (non-hydrogen) atoms.